The Labute approximate surface area is 333 Å². The molecule has 1 heterocycles. The second kappa shape index (κ2) is 22.1. The van der Waals surface area contributed by atoms with Crippen LogP contribution in [0.1, 0.15) is 69.3 Å². The summed E-state index contributed by atoms with van der Waals surface area (Å²) in [4.78, 5) is 27.4. The van der Waals surface area contributed by atoms with Gasteiger partial charge in [0.2, 0.25) is 0 Å². The quantitative estimate of drug-likeness (QED) is 0.0330. The van der Waals surface area contributed by atoms with Crippen LogP contribution in [0.2, 0.25) is 0 Å². The maximum atomic E-state index is 13.6. The summed E-state index contributed by atoms with van der Waals surface area (Å²) in [6.45, 7) is 7.81. The highest BCUT2D eigenvalue weighted by Gasteiger charge is 2.35. The molecule has 0 fully saturated rings. The molecule has 0 bridgehead atoms. The largest absolute Gasteiger partial charge is 0.451 e. The summed E-state index contributed by atoms with van der Waals surface area (Å²) >= 11 is 1.55. The summed E-state index contributed by atoms with van der Waals surface area (Å²) in [5.74, 6) is 4.24. The van der Waals surface area contributed by atoms with E-state index in [0.717, 1.165) is 36.1 Å². The molecule has 0 aliphatic heterocycles. The zero-order chi connectivity index (χ0) is 40.3. The molecule has 3 aromatic carbocycles. The number of aromatic nitrogens is 2. The lowest BCUT2D eigenvalue weighted by Gasteiger charge is -2.18. The van der Waals surface area contributed by atoms with Gasteiger partial charge >= 0.3 is 16.9 Å². The van der Waals surface area contributed by atoms with Crippen molar-refractivity contribution in [3.8, 4) is 17.7 Å². The Morgan fingerprint density at radius 3 is 2.21 bits per heavy atom. The van der Waals surface area contributed by atoms with Crippen molar-refractivity contribution in [3.63, 3.8) is 0 Å². The number of allylic oxidation sites excluding steroid dienone is 5. The molecule has 0 spiro atoms. The molecular formula is C43H47N3O8S2. The van der Waals surface area contributed by atoms with Gasteiger partial charge in [-0.15, -0.1) is 11.8 Å². The van der Waals surface area contributed by atoms with E-state index in [0.29, 0.717) is 11.3 Å². The van der Waals surface area contributed by atoms with Crippen LogP contribution in [0, 0.1) is 17.0 Å². The van der Waals surface area contributed by atoms with Crippen molar-refractivity contribution in [3.05, 3.63) is 136 Å². The first-order chi connectivity index (χ1) is 27.0. The zero-order valence-corrected chi connectivity index (χ0v) is 33.7. The first-order valence-corrected chi connectivity index (χ1v) is 20.6. The van der Waals surface area contributed by atoms with Gasteiger partial charge in [-0.1, -0.05) is 107 Å². The number of esters is 1. The second-order valence-electron chi connectivity index (χ2n) is 13.1. The smallest absolute Gasteiger partial charge is 0.415 e. The van der Waals surface area contributed by atoms with Crippen molar-refractivity contribution in [2.75, 3.05) is 19.0 Å². The minimum Gasteiger partial charge on any atom is -0.451 e. The molecule has 0 saturated carbocycles. The molecule has 0 aliphatic rings. The molecule has 0 unspecified atom stereocenters. The van der Waals surface area contributed by atoms with Crippen LogP contribution in [0.15, 0.2) is 139 Å². The lowest BCUT2D eigenvalue weighted by atomic mass is 10.1. The fourth-order valence-electron chi connectivity index (χ4n) is 5.33. The van der Waals surface area contributed by atoms with Gasteiger partial charge in [-0.2, -0.15) is 0 Å². The number of carbonyl (C=O) groups is 2. The predicted octanol–water partition coefficient (Wildman–Crippen LogP) is 7.62. The van der Waals surface area contributed by atoms with Crippen LogP contribution in [0.25, 0.3) is 0 Å². The topological polar surface area (TPSA) is 152 Å². The number of hydrogen-bond acceptors (Lipinski definition) is 10. The van der Waals surface area contributed by atoms with Crippen molar-refractivity contribution in [2.45, 2.75) is 80.7 Å². The average Bonchev–Trinajstić information content (AvgIpc) is 3.57. The molecule has 0 aliphatic carbocycles. The maximum Gasteiger partial charge on any atom is 0.415 e. The number of sulfone groups is 1. The summed E-state index contributed by atoms with van der Waals surface area (Å²) in [5, 5.41) is 17.5. The Hall–Kier alpha value is -5.58. The zero-order valence-electron chi connectivity index (χ0n) is 32.0. The van der Waals surface area contributed by atoms with E-state index < -0.39 is 38.7 Å². The Morgan fingerprint density at radius 1 is 0.875 bits per heavy atom. The monoisotopic (exact) mass is 797 g/mol. The number of rotatable bonds is 19. The van der Waals surface area contributed by atoms with E-state index in [1.54, 1.807) is 30.0 Å². The predicted molar refractivity (Wildman–Crippen MR) is 216 cm³/mol. The molecule has 0 radical (unpaired) electrons. The van der Waals surface area contributed by atoms with Crippen molar-refractivity contribution in [2.24, 2.45) is 0 Å². The normalized spacial score (nSPS) is 12.2. The fraction of sp³-hybridized carbons (Fsp3) is 0.302. The molecule has 1 amide bonds. The minimum absolute atomic E-state index is 0.145. The van der Waals surface area contributed by atoms with Gasteiger partial charge in [0.25, 0.3) is 15.7 Å². The van der Waals surface area contributed by atoms with E-state index in [1.807, 2.05) is 42.5 Å². The van der Waals surface area contributed by atoms with E-state index >= 15 is 0 Å². The lowest BCUT2D eigenvalue weighted by molar-refractivity contribution is -0.832. The van der Waals surface area contributed by atoms with Crippen molar-refractivity contribution in [1.29, 1.82) is 0 Å². The lowest BCUT2D eigenvalue weighted by Crippen LogP contribution is -2.43. The molecule has 0 saturated heterocycles. The Bertz CT molecular complexity index is 2180. The Kier molecular flexibility index (Phi) is 17.0. The molecule has 1 N–H and O–H groups in total. The van der Waals surface area contributed by atoms with Crippen LogP contribution in [-0.2, 0) is 25.8 Å². The number of nitrogens with zero attached hydrogens (tertiary/aromatic N) is 2. The summed E-state index contributed by atoms with van der Waals surface area (Å²) in [7, 11) is -4.29. The molecular weight excluding hydrogens is 751 g/mol. The number of benzene rings is 3. The SMILES string of the molecule is CC(C)=CCC/C(C)=C/CC/C(C)=C/CSc1ccccc1C(=O)N[C@@H](Cc1ccccc1)C(=O)OCC#CCOc1no[n+]([O-])c1S(=O)(=O)c1ccccc1. The third-order valence-electron chi connectivity index (χ3n) is 8.34. The van der Waals surface area contributed by atoms with Crippen molar-refractivity contribution >= 4 is 33.5 Å². The van der Waals surface area contributed by atoms with Gasteiger partial charge in [0.05, 0.1) is 15.6 Å². The highest BCUT2D eigenvalue weighted by atomic mass is 32.2. The molecule has 11 nitrogen and oxygen atoms in total. The third-order valence-corrected chi connectivity index (χ3v) is 11.1. The van der Waals surface area contributed by atoms with E-state index in [9.17, 15) is 23.2 Å². The molecule has 4 rings (SSSR count). The van der Waals surface area contributed by atoms with E-state index in [1.165, 1.54) is 41.0 Å². The maximum absolute atomic E-state index is 13.6. The molecule has 13 heteroatoms. The van der Waals surface area contributed by atoms with Crippen LogP contribution in [-0.4, -0.2) is 50.5 Å². The third kappa shape index (κ3) is 13.6. The van der Waals surface area contributed by atoms with Crippen molar-refractivity contribution < 1.29 is 37.0 Å². The van der Waals surface area contributed by atoms with Gasteiger partial charge in [0, 0.05) is 17.1 Å². The van der Waals surface area contributed by atoms with Gasteiger partial charge in [-0.25, -0.2) is 13.2 Å². The highest BCUT2D eigenvalue weighted by Crippen LogP contribution is 2.26. The Morgan fingerprint density at radius 2 is 1.50 bits per heavy atom. The van der Waals surface area contributed by atoms with Crippen LogP contribution in [0.5, 0.6) is 5.88 Å². The highest BCUT2D eigenvalue weighted by molar-refractivity contribution is 7.99. The summed E-state index contributed by atoms with van der Waals surface area (Å²) in [5.41, 5.74) is 5.29. The molecule has 4 aromatic rings. The van der Waals surface area contributed by atoms with E-state index in [-0.39, 0.29) is 29.4 Å². The van der Waals surface area contributed by atoms with Crippen LogP contribution in [0.4, 0.5) is 0 Å². The van der Waals surface area contributed by atoms with Gasteiger partial charge in [-0.3, -0.25) is 9.42 Å². The number of carbonyl (C=O) groups excluding carboxylic acids is 2. The number of nitrogens with one attached hydrogen (secondary N) is 1. The number of ether oxygens (including phenoxy) is 2. The first kappa shape index (κ1) is 43.2. The van der Waals surface area contributed by atoms with Gasteiger partial charge in [-0.05, 0) is 88.1 Å². The van der Waals surface area contributed by atoms with Crippen LogP contribution < -0.4 is 15.0 Å². The number of thioether (sulfide) groups is 1. The number of hydrogen-bond donors (Lipinski definition) is 1. The summed E-state index contributed by atoms with van der Waals surface area (Å²) in [6.07, 6.45) is 11.0. The average molecular weight is 798 g/mol. The fourth-order valence-corrected chi connectivity index (χ4v) is 7.66. The molecule has 1 aromatic heterocycles. The molecule has 56 heavy (non-hydrogen) atoms. The summed E-state index contributed by atoms with van der Waals surface area (Å²) < 4.78 is 41.1. The number of amides is 1. The van der Waals surface area contributed by atoms with Gasteiger partial charge < -0.3 is 20.0 Å². The van der Waals surface area contributed by atoms with Gasteiger partial charge in [0.15, 0.2) is 13.2 Å². The van der Waals surface area contributed by atoms with E-state index in [4.69, 9.17) is 9.47 Å². The standard InChI is InChI=1S/C43H47N3O8S2/c1-32(2)17-15-18-33(3)19-16-20-34(4)27-30-55-39-26-12-11-25-37(39)40(47)44-38(31-35-21-7-5-8-22-35)43(48)53-29-14-13-28-52-41-42(46(49)54-45-41)56(50,51)36-23-9-6-10-24-36/h5-12,17,19,21-27,38H,15-16,18,20,28-31H2,1-4H3,(H,44,47)/b33-19+,34-27+/t38-/m0/s1. The van der Waals surface area contributed by atoms with Crippen LogP contribution >= 0.6 is 11.8 Å². The van der Waals surface area contributed by atoms with Gasteiger partial charge in [0.1, 0.15) is 6.04 Å². The molecule has 1 atom stereocenters. The minimum atomic E-state index is -4.29. The summed E-state index contributed by atoms with van der Waals surface area (Å²) in [6, 6.07) is 22.8. The second-order valence-corrected chi connectivity index (χ2v) is 16.0. The molecule has 294 valence electrons. The first-order valence-electron chi connectivity index (χ1n) is 18.1. The van der Waals surface area contributed by atoms with Crippen molar-refractivity contribution in [1.82, 2.24) is 10.5 Å². The Balaban J connectivity index is 1.34. The van der Waals surface area contributed by atoms with Crippen LogP contribution in [0.3, 0.4) is 0 Å². The van der Waals surface area contributed by atoms with E-state index in [2.05, 4.69) is 72.9 Å².